The molecule has 1 saturated carbocycles. The molecule has 41 heavy (non-hydrogen) atoms. The Hall–Kier alpha value is -2.43. The number of aliphatic carboxylic acids is 1. The molecule has 0 bridgehead atoms. The molecule has 4 nitrogen and oxygen atoms in total. The van der Waals surface area contributed by atoms with Crippen LogP contribution in [-0.4, -0.2) is 22.7 Å². The van der Waals surface area contributed by atoms with E-state index in [0.717, 1.165) is 62.8 Å². The van der Waals surface area contributed by atoms with Crippen molar-refractivity contribution in [3.05, 3.63) is 83.4 Å². The highest BCUT2D eigenvalue weighted by molar-refractivity contribution is 5.67. The fourth-order valence-corrected chi connectivity index (χ4v) is 6.85. The number of rotatable bonds is 20. The summed E-state index contributed by atoms with van der Waals surface area (Å²) in [4.78, 5) is 11.8. The first-order valence-corrected chi connectivity index (χ1v) is 16.4. The summed E-state index contributed by atoms with van der Waals surface area (Å²) in [6.07, 6.45) is 22.6. The predicted octanol–water partition coefficient (Wildman–Crippen LogP) is 8.50. The van der Waals surface area contributed by atoms with Crippen molar-refractivity contribution >= 4 is 5.97 Å². The second kappa shape index (κ2) is 19.6. The second-order valence-electron chi connectivity index (χ2n) is 12.5. The van der Waals surface area contributed by atoms with Crippen LogP contribution in [-0.2, 0) is 24.2 Å². The summed E-state index contributed by atoms with van der Waals surface area (Å²) < 4.78 is 0. The standard InChI is InChI=1S/C37H55NO3/c38-26-25-35(36(28-37(40)41)24-22-31-14-7-3-8-15-31)23-21-32(19-20-33-17-10-18-34(27-33)29-39)16-9-2-6-13-30-11-4-1-5-12-30/h2-3,7-10,14-15,17-18,27,30,32,35-36,39H,1,4-6,11-13,16,19-26,28-29,38H2,(H,40,41). The zero-order chi connectivity index (χ0) is 29.1. The van der Waals surface area contributed by atoms with Crippen LogP contribution < -0.4 is 5.73 Å². The van der Waals surface area contributed by atoms with Crippen molar-refractivity contribution in [2.75, 3.05) is 6.54 Å². The molecule has 0 saturated heterocycles. The van der Waals surface area contributed by atoms with Crippen LogP contribution in [0.1, 0.15) is 107 Å². The molecule has 3 unspecified atom stereocenters. The van der Waals surface area contributed by atoms with E-state index in [1.807, 2.05) is 18.2 Å². The van der Waals surface area contributed by atoms with Crippen LogP contribution in [0.4, 0.5) is 0 Å². The van der Waals surface area contributed by atoms with E-state index in [1.54, 1.807) is 0 Å². The van der Waals surface area contributed by atoms with Crippen molar-refractivity contribution < 1.29 is 15.0 Å². The predicted molar refractivity (Wildman–Crippen MR) is 171 cm³/mol. The van der Waals surface area contributed by atoms with Gasteiger partial charge >= 0.3 is 5.97 Å². The third-order valence-electron chi connectivity index (χ3n) is 9.35. The molecule has 3 rings (SSSR count). The normalized spacial score (nSPS) is 16.5. The van der Waals surface area contributed by atoms with Gasteiger partial charge in [-0.3, -0.25) is 4.79 Å². The lowest BCUT2D eigenvalue weighted by atomic mass is 9.78. The Balaban J connectivity index is 1.61. The largest absolute Gasteiger partial charge is 0.481 e. The molecule has 0 amide bonds. The van der Waals surface area contributed by atoms with Crippen LogP contribution >= 0.6 is 0 Å². The molecule has 4 N–H and O–H groups in total. The minimum Gasteiger partial charge on any atom is -0.481 e. The number of nitrogens with two attached hydrogens (primary N) is 1. The summed E-state index contributed by atoms with van der Waals surface area (Å²) in [5.41, 5.74) is 9.60. The van der Waals surface area contributed by atoms with Gasteiger partial charge in [0.1, 0.15) is 0 Å². The molecule has 4 heteroatoms. The zero-order valence-electron chi connectivity index (χ0n) is 25.3. The van der Waals surface area contributed by atoms with Crippen molar-refractivity contribution in [1.29, 1.82) is 0 Å². The van der Waals surface area contributed by atoms with E-state index >= 15 is 0 Å². The lowest BCUT2D eigenvalue weighted by Crippen LogP contribution is -2.23. The van der Waals surface area contributed by atoms with E-state index in [-0.39, 0.29) is 18.9 Å². The first-order chi connectivity index (χ1) is 20.1. The highest BCUT2D eigenvalue weighted by atomic mass is 16.4. The summed E-state index contributed by atoms with van der Waals surface area (Å²) in [6.45, 7) is 0.682. The van der Waals surface area contributed by atoms with Crippen LogP contribution in [0.25, 0.3) is 0 Å². The van der Waals surface area contributed by atoms with E-state index in [2.05, 4.69) is 48.6 Å². The van der Waals surface area contributed by atoms with Gasteiger partial charge in [0.25, 0.3) is 0 Å². The molecule has 0 aliphatic heterocycles. The molecular weight excluding hydrogens is 506 g/mol. The number of carboxylic acids is 1. The summed E-state index contributed by atoms with van der Waals surface area (Å²) >= 11 is 0. The van der Waals surface area contributed by atoms with Crippen molar-refractivity contribution in [2.24, 2.45) is 29.4 Å². The van der Waals surface area contributed by atoms with Crippen LogP contribution in [0.2, 0.25) is 0 Å². The number of aliphatic hydroxyl groups is 1. The summed E-state index contributed by atoms with van der Waals surface area (Å²) in [5.74, 6) is 1.24. The SMILES string of the molecule is NCCC(CCC(CC=CCCC1CCCCC1)CCc1cccc(CO)c1)C(CCc1ccccc1)CC(=O)O. The first kappa shape index (κ1) is 33.1. The third kappa shape index (κ3) is 13.4. The molecule has 3 atom stereocenters. The molecule has 0 heterocycles. The minimum atomic E-state index is -0.703. The van der Waals surface area contributed by atoms with Gasteiger partial charge in [0.2, 0.25) is 0 Å². The molecular formula is C37H55NO3. The highest BCUT2D eigenvalue weighted by Gasteiger charge is 2.24. The van der Waals surface area contributed by atoms with Gasteiger partial charge in [-0.25, -0.2) is 0 Å². The number of hydrogen-bond acceptors (Lipinski definition) is 3. The number of hydrogen-bond donors (Lipinski definition) is 3. The van der Waals surface area contributed by atoms with Gasteiger partial charge in [-0.05, 0) is 111 Å². The number of aliphatic hydroxyl groups excluding tert-OH is 1. The quantitative estimate of drug-likeness (QED) is 0.142. The summed E-state index contributed by atoms with van der Waals surface area (Å²) in [5, 5.41) is 19.3. The number of carboxylic acid groups (broad SMARTS) is 1. The van der Waals surface area contributed by atoms with E-state index in [4.69, 9.17) is 5.73 Å². The molecule has 1 aliphatic rings. The fourth-order valence-electron chi connectivity index (χ4n) is 6.85. The van der Waals surface area contributed by atoms with Gasteiger partial charge in [0.05, 0.1) is 6.61 Å². The number of carbonyl (C=O) groups is 1. The van der Waals surface area contributed by atoms with Gasteiger partial charge in [-0.2, -0.15) is 0 Å². The topological polar surface area (TPSA) is 83.5 Å². The third-order valence-corrected chi connectivity index (χ3v) is 9.35. The van der Waals surface area contributed by atoms with E-state index in [9.17, 15) is 15.0 Å². The molecule has 0 radical (unpaired) electrons. The lowest BCUT2D eigenvalue weighted by Gasteiger charge is -2.28. The maximum atomic E-state index is 11.8. The molecule has 1 aliphatic carbocycles. The van der Waals surface area contributed by atoms with Crippen LogP contribution in [0.3, 0.4) is 0 Å². The summed E-state index contributed by atoms with van der Waals surface area (Å²) in [6, 6.07) is 18.7. The van der Waals surface area contributed by atoms with Gasteiger partial charge < -0.3 is 15.9 Å². The van der Waals surface area contributed by atoms with Crippen molar-refractivity contribution in [3.63, 3.8) is 0 Å². The fraction of sp³-hybridized carbons (Fsp3) is 0.595. The first-order valence-electron chi connectivity index (χ1n) is 16.4. The Morgan fingerprint density at radius 1 is 0.829 bits per heavy atom. The van der Waals surface area contributed by atoms with Crippen LogP contribution in [0, 0.1) is 23.7 Å². The monoisotopic (exact) mass is 561 g/mol. The lowest BCUT2D eigenvalue weighted by molar-refractivity contribution is -0.138. The average Bonchev–Trinajstić information content (AvgIpc) is 3.00. The molecule has 226 valence electrons. The van der Waals surface area contributed by atoms with Gasteiger partial charge in [0, 0.05) is 6.42 Å². The molecule has 2 aromatic rings. The molecule has 1 fully saturated rings. The van der Waals surface area contributed by atoms with Crippen molar-refractivity contribution in [2.45, 2.75) is 109 Å². The molecule has 0 spiro atoms. The van der Waals surface area contributed by atoms with Crippen molar-refractivity contribution in [3.8, 4) is 0 Å². The average molecular weight is 562 g/mol. The van der Waals surface area contributed by atoms with Gasteiger partial charge in [0.15, 0.2) is 0 Å². The Morgan fingerprint density at radius 2 is 1.56 bits per heavy atom. The number of allylic oxidation sites excluding steroid dienone is 2. The van der Waals surface area contributed by atoms with E-state index in [1.165, 1.54) is 56.1 Å². The highest BCUT2D eigenvalue weighted by Crippen LogP contribution is 2.32. The van der Waals surface area contributed by atoms with E-state index < -0.39 is 5.97 Å². The Morgan fingerprint density at radius 3 is 2.29 bits per heavy atom. The number of benzene rings is 2. The van der Waals surface area contributed by atoms with Gasteiger partial charge in [-0.15, -0.1) is 0 Å². The van der Waals surface area contributed by atoms with Gasteiger partial charge in [-0.1, -0.05) is 98.9 Å². The Bertz CT molecular complexity index is 998. The van der Waals surface area contributed by atoms with Crippen LogP contribution in [0.15, 0.2) is 66.7 Å². The smallest absolute Gasteiger partial charge is 0.303 e. The maximum Gasteiger partial charge on any atom is 0.303 e. The Kier molecular flexibility index (Phi) is 15.9. The number of aryl methyl sites for hydroxylation is 2. The minimum absolute atomic E-state index is 0.0791. The summed E-state index contributed by atoms with van der Waals surface area (Å²) in [7, 11) is 0. The molecule has 0 aromatic heterocycles. The second-order valence-corrected chi connectivity index (χ2v) is 12.5. The Labute approximate surface area is 249 Å². The van der Waals surface area contributed by atoms with Crippen LogP contribution in [0.5, 0.6) is 0 Å². The zero-order valence-corrected chi connectivity index (χ0v) is 25.3. The van der Waals surface area contributed by atoms with Crippen molar-refractivity contribution in [1.82, 2.24) is 0 Å². The van der Waals surface area contributed by atoms with E-state index in [0.29, 0.717) is 18.4 Å². The maximum absolute atomic E-state index is 11.8. The molecule has 2 aromatic carbocycles.